The molecule has 0 bridgehead atoms. The van der Waals surface area contributed by atoms with Gasteiger partial charge in [-0.3, -0.25) is 0 Å². The van der Waals surface area contributed by atoms with Crippen LogP contribution in [0.4, 0.5) is 0 Å². The lowest BCUT2D eigenvalue weighted by Crippen LogP contribution is -2.28. The molecule has 2 heteroatoms. The van der Waals surface area contributed by atoms with E-state index in [1.165, 1.54) is 11.1 Å². The van der Waals surface area contributed by atoms with Gasteiger partial charge in [-0.25, -0.2) is 0 Å². The van der Waals surface area contributed by atoms with Crippen LogP contribution in [0.25, 0.3) is 0 Å². The zero-order chi connectivity index (χ0) is 14.8. The zero-order valence-corrected chi connectivity index (χ0v) is 13.4. The monoisotopic (exact) mass is 264 g/mol. The van der Waals surface area contributed by atoms with Gasteiger partial charge in [-0.15, -0.1) is 0 Å². The molecule has 1 N–H and O–H groups in total. The second kappa shape index (κ2) is 5.54. The van der Waals surface area contributed by atoms with Crippen LogP contribution in [0.1, 0.15) is 57.7 Å². The van der Waals surface area contributed by atoms with Gasteiger partial charge in [0, 0.05) is 0 Å². The minimum Gasteiger partial charge on any atom is -0.490 e. The molecule has 1 rings (SSSR count). The van der Waals surface area contributed by atoms with E-state index in [2.05, 4.69) is 46.8 Å². The maximum Gasteiger partial charge on any atom is 0.125 e. The SMILES string of the molecule is CCC(C)(C)c1ccc(C)c(OCC(C)(C)O)c1C. The highest BCUT2D eigenvalue weighted by atomic mass is 16.5. The highest BCUT2D eigenvalue weighted by molar-refractivity contribution is 5.47. The third kappa shape index (κ3) is 3.97. The van der Waals surface area contributed by atoms with Crippen molar-refractivity contribution >= 4 is 0 Å². The molecule has 0 aliphatic carbocycles. The highest BCUT2D eigenvalue weighted by Crippen LogP contribution is 2.35. The van der Waals surface area contributed by atoms with Crippen LogP contribution in [0.15, 0.2) is 12.1 Å². The Kier molecular flexibility index (Phi) is 4.67. The van der Waals surface area contributed by atoms with Gasteiger partial charge in [-0.2, -0.15) is 0 Å². The molecule has 0 aromatic heterocycles. The predicted octanol–water partition coefficient (Wildman–Crippen LogP) is 4.14. The summed E-state index contributed by atoms with van der Waals surface area (Å²) in [6.07, 6.45) is 1.09. The fourth-order valence-electron chi connectivity index (χ4n) is 2.22. The molecular formula is C17H28O2. The van der Waals surface area contributed by atoms with Crippen molar-refractivity contribution in [3.05, 3.63) is 28.8 Å². The predicted molar refractivity (Wildman–Crippen MR) is 81.0 cm³/mol. The molecule has 19 heavy (non-hydrogen) atoms. The minimum atomic E-state index is -0.810. The van der Waals surface area contributed by atoms with E-state index in [4.69, 9.17) is 4.74 Å². The van der Waals surface area contributed by atoms with Crippen molar-refractivity contribution in [2.45, 2.75) is 65.9 Å². The van der Waals surface area contributed by atoms with Gasteiger partial charge >= 0.3 is 0 Å². The van der Waals surface area contributed by atoms with E-state index in [0.717, 1.165) is 17.7 Å². The topological polar surface area (TPSA) is 29.5 Å². The van der Waals surface area contributed by atoms with E-state index >= 15 is 0 Å². The molecule has 1 aromatic carbocycles. The molecule has 0 spiro atoms. The van der Waals surface area contributed by atoms with Crippen LogP contribution in [-0.2, 0) is 5.41 Å². The van der Waals surface area contributed by atoms with Crippen LogP contribution < -0.4 is 4.74 Å². The fourth-order valence-corrected chi connectivity index (χ4v) is 2.22. The number of benzene rings is 1. The van der Waals surface area contributed by atoms with Gasteiger partial charge in [0.25, 0.3) is 0 Å². The summed E-state index contributed by atoms with van der Waals surface area (Å²) in [6.45, 7) is 14.7. The molecule has 0 amide bonds. The van der Waals surface area contributed by atoms with Crippen molar-refractivity contribution in [3.63, 3.8) is 0 Å². The fraction of sp³-hybridized carbons (Fsp3) is 0.647. The molecule has 0 radical (unpaired) electrons. The normalized spacial score (nSPS) is 12.6. The van der Waals surface area contributed by atoms with Crippen molar-refractivity contribution in [3.8, 4) is 5.75 Å². The Labute approximate surface area is 117 Å². The molecule has 0 aliphatic heterocycles. The van der Waals surface area contributed by atoms with Gasteiger partial charge in [0.15, 0.2) is 0 Å². The molecular weight excluding hydrogens is 236 g/mol. The number of rotatable bonds is 5. The molecule has 0 aliphatic rings. The molecule has 108 valence electrons. The van der Waals surface area contributed by atoms with Gasteiger partial charge in [0.05, 0.1) is 5.60 Å². The standard InChI is InChI=1S/C17H28O2/c1-8-16(4,5)14-10-9-12(2)15(13(14)3)19-11-17(6,7)18/h9-10,18H,8,11H2,1-7H3. The van der Waals surface area contributed by atoms with Crippen molar-refractivity contribution in [1.29, 1.82) is 0 Å². The van der Waals surface area contributed by atoms with Gasteiger partial charge in [-0.1, -0.05) is 32.9 Å². The Hall–Kier alpha value is -1.02. The second-order valence-corrected chi connectivity index (χ2v) is 6.72. The summed E-state index contributed by atoms with van der Waals surface area (Å²) in [6, 6.07) is 4.31. The lowest BCUT2D eigenvalue weighted by molar-refractivity contribution is 0.0280. The second-order valence-electron chi connectivity index (χ2n) is 6.72. The first-order valence-corrected chi connectivity index (χ1v) is 7.04. The summed E-state index contributed by atoms with van der Waals surface area (Å²) in [5, 5.41) is 9.81. The molecule has 2 nitrogen and oxygen atoms in total. The molecule has 0 saturated heterocycles. The van der Waals surface area contributed by atoms with E-state index in [1.54, 1.807) is 13.8 Å². The third-order valence-electron chi connectivity index (χ3n) is 3.79. The van der Waals surface area contributed by atoms with Gasteiger partial charge in [-0.05, 0) is 56.2 Å². The van der Waals surface area contributed by atoms with E-state index in [1.807, 2.05) is 0 Å². The molecule has 0 fully saturated rings. The van der Waals surface area contributed by atoms with E-state index in [-0.39, 0.29) is 5.41 Å². The lowest BCUT2D eigenvalue weighted by Gasteiger charge is -2.28. The first-order chi connectivity index (χ1) is 8.58. The first kappa shape index (κ1) is 16.0. The molecule has 0 saturated carbocycles. The van der Waals surface area contributed by atoms with Crippen LogP contribution in [-0.4, -0.2) is 17.3 Å². The van der Waals surface area contributed by atoms with Crippen LogP contribution in [0, 0.1) is 13.8 Å². The molecule has 0 unspecified atom stereocenters. The average Bonchev–Trinajstić information content (AvgIpc) is 2.26. The molecule has 0 heterocycles. The molecule has 0 atom stereocenters. The quantitative estimate of drug-likeness (QED) is 0.866. The smallest absolute Gasteiger partial charge is 0.125 e. The van der Waals surface area contributed by atoms with Gasteiger partial charge < -0.3 is 9.84 Å². The van der Waals surface area contributed by atoms with Crippen molar-refractivity contribution in [1.82, 2.24) is 0 Å². The van der Waals surface area contributed by atoms with E-state index in [0.29, 0.717) is 6.61 Å². The first-order valence-electron chi connectivity index (χ1n) is 7.04. The Bertz CT molecular complexity index is 439. The summed E-state index contributed by atoms with van der Waals surface area (Å²) >= 11 is 0. The zero-order valence-electron chi connectivity index (χ0n) is 13.4. The third-order valence-corrected chi connectivity index (χ3v) is 3.79. The number of hydrogen-bond donors (Lipinski definition) is 1. The summed E-state index contributed by atoms with van der Waals surface area (Å²) in [5.41, 5.74) is 2.97. The average molecular weight is 264 g/mol. The van der Waals surface area contributed by atoms with Crippen LogP contribution >= 0.6 is 0 Å². The Balaban J connectivity index is 3.15. The van der Waals surface area contributed by atoms with Crippen molar-refractivity contribution in [2.24, 2.45) is 0 Å². The van der Waals surface area contributed by atoms with Gasteiger partial charge in [0.1, 0.15) is 12.4 Å². The summed E-state index contributed by atoms with van der Waals surface area (Å²) in [4.78, 5) is 0. The highest BCUT2D eigenvalue weighted by Gasteiger charge is 2.23. The van der Waals surface area contributed by atoms with Crippen LogP contribution in [0.3, 0.4) is 0 Å². The van der Waals surface area contributed by atoms with E-state index < -0.39 is 5.60 Å². The Morgan fingerprint density at radius 1 is 1.11 bits per heavy atom. The van der Waals surface area contributed by atoms with Gasteiger partial charge in [0.2, 0.25) is 0 Å². The van der Waals surface area contributed by atoms with Crippen molar-refractivity contribution < 1.29 is 9.84 Å². The Morgan fingerprint density at radius 2 is 1.68 bits per heavy atom. The summed E-state index contributed by atoms with van der Waals surface area (Å²) in [7, 11) is 0. The Morgan fingerprint density at radius 3 is 2.16 bits per heavy atom. The van der Waals surface area contributed by atoms with E-state index in [9.17, 15) is 5.11 Å². The number of hydrogen-bond acceptors (Lipinski definition) is 2. The maximum atomic E-state index is 9.81. The number of aliphatic hydroxyl groups is 1. The van der Waals surface area contributed by atoms with Crippen LogP contribution in [0.2, 0.25) is 0 Å². The summed E-state index contributed by atoms with van der Waals surface area (Å²) < 4.78 is 5.86. The number of aryl methyl sites for hydroxylation is 1. The van der Waals surface area contributed by atoms with Crippen LogP contribution in [0.5, 0.6) is 5.75 Å². The number of ether oxygens (including phenoxy) is 1. The lowest BCUT2D eigenvalue weighted by atomic mass is 9.79. The maximum absolute atomic E-state index is 9.81. The minimum absolute atomic E-state index is 0.143. The largest absolute Gasteiger partial charge is 0.490 e. The molecule has 1 aromatic rings. The summed E-state index contributed by atoms with van der Waals surface area (Å²) in [5.74, 6) is 0.918. The van der Waals surface area contributed by atoms with Crippen molar-refractivity contribution in [2.75, 3.05) is 6.61 Å².